The van der Waals surface area contributed by atoms with Crippen LogP contribution in [-0.4, -0.2) is 16.4 Å². The molecule has 3 heterocycles. The summed E-state index contributed by atoms with van der Waals surface area (Å²) in [6.45, 7) is 1.87. The second-order valence-corrected chi connectivity index (χ2v) is 4.47. The van der Waals surface area contributed by atoms with Gasteiger partial charge in [-0.05, 0) is 6.92 Å². The molecule has 16 heavy (non-hydrogen) atoms. The Hall–Kier alpha value is -1.95. The normalized spacial score (nSPS) is 11.1. The van der Waals surface area contributed by atoms with E-state index >= 15 is 0 Å². The molecular weight excluding hydrogens is 228 g/mol. The highest BCUT2D eigenvalue weighted by molar-refractivity contribution is 7.19. The molecule has 0 atom stereocenters. The summed E-state index contributed by atoms with van der Waals surface area (Å²) in [4.78, 5) is 15.6. The highest BCUT2D eigenvalue weighted by Gasteiger charge is 2.20. The number of aryl methyl sites for hydroxylation is 1. The maximum atomic E-state index is 10.9. The van der Waals surface area contributed by atoms with Gasteiger partial charge in [0.2, 0.25) is 0 Å². The van der Waals surface area contributed by atoms with E-state index in [1.807, 2.05) is 6.92 Å². The molecular formula is C10H6N2O3S. The number of carbonyl (C=O) groups excluding carboxylic acids is 1. The molecule has 0 spiro atoms. The zero-order valence-electron chi connectivity index (χ0n) is 8.26. The number of fused-ring (bicyclic) bond motifs is 1. The summed E-state index contributed by atoms with van der Waals surface area (Å²) in [5, 5.41) is 3.89. The van der Waals surface area contributed by atoms with Gasteiger partial charge in [-0.3, -0.25) is 4.79 Å². The van der Waals surface area contributed by atoms with E-state index in [2.05, 4.69) is 10.1 Å². The van der Waals surface area contributed by atoms with Gasteiger partial charge in [0.05, 0.1) is 11.8 Å². The summed E-state index contributed by atoms with van der Waals surface area (Å²) in [5.41, 5.74) is 1.66. The fourth-order valence-electron chi connectivity index (χ4n) is 1.54. The molecule has 3 aromatic rings. The van der Waals surface area contributed by atoms with E-state index in [-0.39, 0.29) is 0 Å². The van der Waals surface area contributed by atoms with Crippen LogP contribution < -0.4 is 0 Å². The monoisotopic (exact) mass is 234 g/mol. The number of aldehydes is 1. The molecule has 0 bridgehead atoms. The van der Waals surface area contributed by atoms with Crippen molar-refractivity contribution in [3.05, 3.63) is 23.0 Å². The smallest absolute Gasteiger partial charge is 0.189 e. The number of hydrogen-bond donors (Lipinski definition) is 0. The van der Waals surface area contributed by atoms with E-state index in [1.165, 1.54) is 17.7 Å². The number of rotatable bonds is 2. The molecule has 0 unspecified atom stereocenters. The predicted octanol–water partition coefficient (Wildman–Crippen LogP) is 2.67. The summed E-state index contributed by atoms with van der Waals surface area (Å²) < 4.78 is 11.1. The molecule has 0 amide bonds. The van der Waals surface area contributed by atoms with Crippen molar-refractivity contribution < 1.29 is 13.7 Å². The number of nitrogens with zero attached hydrogens (tertiary/aromatic N) is 2. The van der Waals surface area contributed by atoms with Crippen LogP contribution in [0.5, 0.6) is 0 Å². The van der Waals surface area contributed by atoms with E-state index in [0.717, 1.165) is 15.9 Å². The van der Waals surface area contributed by atoms with Gasteiger partial charge in [-0.1, -0.05) is 5.16 Å². The molecule has 0 saturated carbocycles. The van der Waals surface area contributed by atoms with E-state index in [9.17, 15) is 4.79 Å². The lowest BCUT2D eigenvalue weighted by atomic mass is 10.2. The molecule has 5 nitrogen and oxygen atoms in total. The van der Waals surface area contributed by atoms with Gasteiger partial charge in [0, 0.05) is 4.88 Å². The Balaban J connectivity index is 2.33. The standard InChI is InChI=1S/C10H6N2O3S/c1-5-6(3-13)9-10(16-5)8(12-15-9)7-2-11-4-14-7/h2-4H,1H3. The van der Waals surface area contributed by atoms with Crippen LogP contribution in [0.25, 0.3) is 21.7 Å². The Labute approximate surface area is 93.7 Å². The quantitative estimate of drug-likeness (QED) is 0.637. The third kappa shape index (κ3) is 1.13. The molecule has 0 fully saturated rings. The van der Waals surface area contributed by atoms with Gasteiger partial charge < -0.3 is 8.94 Å². The van der Waals surface area contributed by atoms with Crippen LogP contribution >= 0.6 is 11.3 Å². The summed E-state index contributed by atoms with van der Waals surface area (Å²) >= 11 is 1.46. The fourth-order valence-corrected chi connectivity index (χ4v) is 2.57. The van der Waals surface area contributed by atoms with Gasteiger partial charge in [-0.25, -0.2) is 4.98 Å². The van der Waals surface area contributed by atoms with Crippen molar-refractivity contribution >= 4 is 27.9 Å². The lowest BCUT2D eigenvalue weighted by Gasteiger charge is -1.85. The molecule has 3 rings (SSSR count). The largest absolute Gasteiger partial charge is 0.442 e. The van der Waals surface area contributed by atoms with Crippen LogP contribution in [0.3, 0.4) is 0 Å². The molecule has 6 heteroatoms. The van der Waals surface area contributed by atoms with Gasteiger partial charge >= 0.3 is 0 Å². The fraction of sp³-hybridized carbons (Fsp3) is 0.100. The van der Waals surface area contributed by atoms with E-state index in [0.29, 0.717) is 22.6 Å². The zero-order valence-corrected chi connectivity index (χ0v) is 9.08. The van der Waals surface area contributed by atoms with Crippen LogP contribution in [0, 0.1) is 6.92 Å². The maximum absolute atomic E-state index is 10.9. The van der Waals surface area contributed by atoms with Gasteiger partial charge in [0.1, 0.15) is 4.70 Å². The molecule has 0 aliphatic rings. The van der Waals surface area contributed by atoms with Crippen LogP contribution in [-0.2, 0) is 0 Å². The third-order valence-corrected chi connectivity index (χ3v) is 3.42. The molecule has 0 N–H and O–H groups in total. The Morgan fingerprint density at radius 1 is 1.50 bits per heavy atom. The highest BCUT2D eigenvalue weighted by Crippen LogP contribution is 2.36. The highest BCUT2D eigenvalue weighted by atomic mass is 32.1. The first kappa shape index (κ1) is 9.29. The Morgan fingerprint density at radius 2 is 2.38 bits per heavy atom. The average molecular weight is 234 g/mol. The number of thiophene rings is 1. The third-order valence-electron chi connectivity index (χ3n) is 2.31. The van der Waals surface area contributed by atoms with Crippen LogP contribution in [0.2, 0.25) is 0 Å². The molecule has 0 aromatic carbocycles. The number of hydrogen-bond acceptors (Lipinski definition) is 6. The van der Waals surface area contributed by atoms with E-state index in [4.69, 9.17) is 8.94 Å². The zero-order chi connectivity index (χ0) is 11.1. The molecule has 0 radical (unpaired) electrons. The minimum absolute atomic E-state index is 0.518. The minimum Gasteiger partial charge on any atom is -0.442 e. The SMILES string of the molecule is Cc1sc2c(-c3cnco3)noc2c1C=O. The van der Waals surface area contributed by atoms with Crippen molar-refractivity contribution in [1.82, 2.24) is 10.1 Å². The van der Waals surface area contributed by atoms with E-state index < -0.39 is 0 Å². The van der Waals surface area contributed by atoms with Gasteiger partial charge in [0.15, 0.2) is 29.7 Å². The van der Waals surface area contributed by atoms with Crippen molar-refractivity contribution in [3.8, 4) is 11.5 Å². The van der Waals surface area contributed by atoms with Gasteiger partial charge in [-0.2, -0.15) is 0 Å². The Bertz CT molecular complexity index is 651. The minimum atomic E-state index is 0.518. The second kappa shape index (κ2) is 3.28. The van der Waals surface area contributed by atoms with Gasteiger partial charge in [-0.15, -0.1) is 11.3 Å². The van der Waals surface area contributed by atoms with Crippen LogP contribution in [0.15, 0.2) is 21.5 Å². The first-order valence-corrected chi connectivity index (χ1v) is 5.35. The van der Waals surface area contributed by atoms with E-state index in [1.54, 1.807) is 6.20 Å². The first-order chi connectivity index (χ1) is 7.81. The first-order valence-electron chi connectivity index (χ1n) is 4.54. The molecule has 3 aromatic heterocycles. The van der Waals surface area contributed by atoms with Crippen molar-refractivity contribution in [2.75, 3.05) is 0 Å². The summed E-state index contributed by atoms with van der Waals surface area (Å²) in [5.74, 6) is 0.539. The predicted molar refractivity (Wildman–Crippen MR) is 57.5 cm³/mol. The van der Waals surface area contributed by atoms with Crippen molar-refractivity contribution in [3.63, 3.8) is 0 Å². The number of carbonyl (C=O) groups is 1. The van der Waals surface area contributed by atoms with Crippen molar-refractivity contribution in [1.29, 1.82) is 0 Å². The lowest BCUT2D eigenvalue weighted by molar-refractivity contribution is 0.112. The summed E-state index contributed by atoms with van der Waals surface area (Å²) in [6, 6.07) is 0. The Kier molecular flexibility index (Phi) is 1.90. The van der Waals surface area contributed by atoms with Crippen molar-refractivity contribution in [2.45, 2.75) is 6.92 Å². The number of aromatic nitrogens is 2. The molecule has 0 saturated heterocycles. The lowest BCUT2D eigenvalue weighted by Crippen LogP contribution is -1.76. The molecule has 0 aliphatic heterocycles. The van der Waals surface area contributed by atoms with Gasteiger partial charge in [0.25, 0.3) is 0 Å². The Morgan fingerprint density at radius 3 is 3.06 bits per heavy atom. The second-order valence-electron chi connectivity index (χ2n) is 3.24. The molecule has 0 aliphatic carbocycles. The maximum Gasteiger partial charge on any atom is 0.189 e. The topological polar surface area (TPSA) is 69.1 Å². The van der Waals surface area contributed by atoms with Crippen LogP contribution in [0.4, 0.5) is 0 Å². The van der Waals surface area contributed by atoms with Crippen molar-refractivity contribution in [2.24, 2.45) is 0 Å². The number of oxazole rings is 1. The van der Waals surface area contributed by atoms with Crippen LogP contribution in [0.1, 0.15) is 15.2 Å². The average Bonchev–Trinajstić information content (AvgIpc) is 2.92. The summed E-state index contributed by atoms with van der Waals surface area (Å²) in [7, 11) is 0. The molecule has 80 valence electrons. The summed E-state index contributed by atoms with van der Waals surface area (Å²) in [6.07, 6.45) is 3.67.